The summed E-state index contributed by atoms with van der Waals surface area (Å²) in [6, 6.07) is 3.75. The zero-order valence-electron chi connectivity index (χ0n) is 11.1. The minimum atomic E-state index is -0.251. The first-order valence-corrected chi connectivity index (χ1v) is 6.59. The van der Waals surface area contributed by atoms with Crippen LogP contribution in [0.15, 0.2) is 22.8 Å². The third-order valence-electron chi connectivity index (χ3n) is 3.03. The van der Waals surface area contributed by atoms with Crippen molar-refractivity contribution in [2.45, 2.75) is 39.3 Å². The molecule has 0 N–H and O–H groups in total. The number of amides is 1. The highest BCUT2D eigenvalue weighted by molar-refractivity contribution is 5.81. The zero-order chi connectivity index (χ0) is 13.0. The van der Waals surface area contributed by atoms with Gasteiger partial charge in [0.05, 0.1) is 12.8 Å². The van der Waals surface area contributed by atoms with Crippen molar-refractivity contribution in [3.8, 4) is 0 Å². The van der Waals surface area contributed by atoms with Crippen LogP contribution in [0.1, 0.15) is 32.4 Å². The summed E-state index contributed by atoms with van der Waals surface area (Å²) >= 11 is 0. The van der Waals surface area contributed by atoms with Crippen LogP contribution in [0.2, 0.25) is 0 Å². The molecule has 2 rings (SSSR count). The van der Waals surface area contributed by atoms with Gasteiger partial charge in [0.2, 0.25) is 0 Å². The van der Waals surface area contributed by atoms with E-state index in [1.807, 2.05) is 17.0 Å². The lowest BCUT2D eigenvalue weighted by atomic mass is 10.1. The van der Waals surface area contributed by atoms with Crippen molar-refractivity contribution in [3.63, 3.8) is 0 Å². The summed E-state index contributed by atoms with van der Waals surface area (Å²) in [5.74, 6) is 1.35. The Bertz CT molecular complexity index is 366. The minimum absolute atomic E-state index is 0.0950. The van der Waals surface area contributed by atoms with Gasteiger partial charge in [-0.05, 0) is 30.9 Å². The fraction of sp³-hybridized carbons (Fsp3) is 0.643. The van der Waals surface area contributed by atoms with Gasteiger partial charge in [-0.3, -0.25) is 4.79 Å². The molecular formula is C14H21NO3. The van der Waals surface area contributed by atoms with Crippen LogP contribution in [0.25, 0.3) is 0 Å². The Labute approximate surface area is 108 Å². The first-order chi connectivity index (χ1) is 8.66. The number of carbonyl (C=O) groups excluding carboxylic acids is 1. The van der Waals surface area contributed by atoms with Crippen LogP contribution in [0, 0.1) is 5.92 Å². The maximum absolute atomic E-state index is 12.4. The van der Waals surface area contributed by atoms with Crippen molar-refractivity contribution in [1.29, 1.82) is 0 Å². The van der Waals surface area contributed by atoms with Gasteiger partial charge >= 0.3 is 0 Å². The molecule has 2 heterocycles. The molecule has 1 aliphatic heterocycles. The summed E-state index contributed by atoms with van der Waals surface area (Å²) in [7, 11) is 0. The van der Waals surface area contributed by atoms with Gasteiger partial charge in [-0.15, -0.1) is 0 Å². The van der Waals surface area contributed by atoms with Crippen molar-refractivity contribution in [1.82, 2.24) is 4.90 Å². The number of hydrogen-bond donors (Lipinski definition) is 0. The molecule has 1 fully saturated rings. The summed E-state index contributed by atoms with van der Waals surface area (Å²) < 4.78 is 10.8. The maximum atomic E-state index is 12.4. The normalized spacial score (nSPS) is 19.4. The highest BCUT2D eigenvalue weighted by atomic mass is 16.5. The molecule has 1 atom stereocenters. The van der Waals surface area contributed by atoms with E-state index in [4.69, 9.17) is 9.15 Å². The van der Waals surface area contributed by atoms with Gasteiger partial charge in [-0.1, -0.05) is 13.8 Å². The third kappa shape index (κ3) is 3.35. The third-order valence-corrected chi connectivity index (χ3v) is 3.03. The average Bonchev–Trinajstić information content (AvgIpc) is 2.99. The molecule has 0 aliphatic carbocycles. The van der Waals surface area contributed by atoms with Crippen molar-refractivity contribution in [2.75, 3.05) is 13.2 Å². The molecule has 1 saturated heterocycles. The fourth-order valence-electron chi connectivity index (χ4n) is 2.24. The molecule has 0 radical (unpaired) electrons. The Hall–Kier alpha value is -1.29. The van der Waals surface area contributed by atoms with E-state index in [0.717, 1.165) is 25.1 Å². The van der Waals surface area contributed by atoms with Crippen LogP contribution in [-0.4, -0.2) is 30.1 Å². The van der Waals surface area contributed by atoms with Gasteiger partial charge in [0.15, 0.2) is 0 Å². The largest absolute Gasteiger partial charge is 0.467 e. The Morgan fingerprint density at radius 1 is 1.56 bits per heavy atom. The fourth-order valence-corrected chi connectivity index (χ4v) is 2.24. The lowest BCUT2D eigenvalue weighted by molar-refractivity contribution is -0.142. The van der Waals surface area contributed by atoms with Crippen LogP contribution < -0.4 is 0 Å². The van der Waals surface area contributed by atoms with E-state index in [1.54, 1.807) is 6.26 Å². The molecule has 1 aromatic rings. The standard InChI is InChI=1S/C14H21NO3/c1-11(2)9-15(10-12-5-3-7-17-12)14(16)13-6-4-8-18-13/h3,5,7,11,13H,4,6,8-10H2,1-2H3/t13-/m0/s1. The van der Waals surface area contributed by atoms with E-state index >= 15 is 0 Å². The average molecular weight is 251 g/mol. The summed E-state index contributed by atoms with van der Waals surface area (Å²) in [4.78, 5) is 14.2. The number of nitrogens with zero attached hydrogens (tertiary/aromatic N) is 1. The Morgan fingerprint density at radius 2 is 2.39 bits per heavy atom. The van der Waals surface area contributed by atoms with E-state index in [2.05, 4.69) is 13.8 Å². The molecule has 0 aromatic carbocycles. The number of ether oxygens (including phenoxy) is 1. The molecule has 100 valence electrons. The number of carbonyl (C=O) groups is 1. The van der Waals surface area contributed by atoms with Crippen LogP contribution >= 0.6 is 0 Å². The Kier molecular flexibility index (Phi) is 4.42. The Balaban J connectivity index is 2.01. The van der Waals surface area contributed by atoms with Gasteiger partial charge in [0.25, 0.3) is 5.91 Å². The molecule has 0 saturated carbocycles. The predicted octanol–water partition coefficient (Wildman–Crippen LogP) is 2.44. The molecule has 4 heteroatoms. The van der Waals surface area contributed by atoms with Crippen molar-refractivity contribution in [3.05, 3.63) is 24.2 Å². The van der Waals surface area contributed by atoms with Crippen LogP contribution in [-0.2, 0) is 16.1 Å². The molecule has 18 heavy (non-hydrogen) atoms. The predicted molar refractivity (Wildman–Crippen MR) is 67.9 cm³/mol. The molecule has 1 amide bonds. The highest BCUT2D eigenvalue weighted by Gasteiger charge is 2.28. The van der Waals surface area contributed by atoms with Crippen LogP contribution in [0.4, 0.5) is 0 Å². The molecule has 1 aliphatic rings. The van der Waals surface area contributed by atoms with Gasteiger partial charge in [-0.2, -0.15) is 0 Å². The van der Waals surface area contributed by atoms with Gasteiger partial charge in [-0.25, -0.2) is 0 Å². The SMILES string of the molecule is CC(C)CN(Cc1ccco1)C(=O)[C@@H]1CCCO1. The van der Waals surface area contributed by atoms with E-state index in [0.29, 0.717) is 19.1 Å². The summed E-state index contributed by atoms with van der Waals surface area (Å²) in [5, 5.41) is 0. The first kappa shape index (κ1) is 13.1. The van der Waals surface area contributed by atoms with Crippen molar-refractivity contribution in [2.24, 2.45) is 5.92 Å². The highest BCUT2D eigenvalue weighted by Crippen LogP contribution is 2.17. The van der Waals surface area contributed by atoms with E-state index in [9.17, 15) is 4.79 Å². The van der Waals surface area contributed by atoms with Gasteiger partial charge in [0.1, 0.15) is 11.9 Å². The quantitative estimate of drug-likeness (QED) is 0.807. The molecule has 0 bridgehead atoms. The van der Waals surface area contributed by atoms with Crippen molar-refractivity contribution >= 4 is 5.91 Å². The smallest absolute Gasteiger partial charge is 0.252 e. The molecular weight excluding hydrogens is 230 g/mol. The van der Waals surface area contributed by atoms with E-state index in [1.165, 1.54) is 0 Å². The molecule has 1 aromatic heterocycles. The first-order valence-electron chi connectivity index (χ1n) is 6.59. The summed E-state index contributed by atoms with van der Waals surface area (Å²) in [6.07, 6.45) is 3.20. The number of hydrogen-bond acceptors (Lipinski definition) is 3. The molecule has 4 nitrogen and oxygen atoms in total. The van der Waals surface area contributed by atoms with Gasteiger partial charge < -0.3 is 14.1 Å². The van der Waals surface area contributed by atoms with Crippen LogP contribution in [0.5, 0.6) is 0 Å². The van der Waals surface area contributed by atoms with Crippen LogP contribution in [0.3, 0.4) is 0 Å². The monoisotopic (exact) mass is 251 g/mol. The van der Waals surface area contributed by atoms with Crippen molar-refractivity contribution < 1.29 is 13.9 Å². The summed E-state index contributed by atoms with van der Waals surface area (Å²) in [6.45, 7) is 6.19. The lowest BCUT2D eigenvalue weighted by Crippen LogP contribution is -2.40. The second-order valence-electron chi connectivity index (χ2n) is 5.19. The van der Waals surface area contributed by atoms with E-state index < -0.39 is 0 Å². The minimum Gasteiger partial charge on any atom is -0.467 e. The lowest BCUT2D eigenvalue weighted by Gasteiger charge is -2.26. The number of furan rings is 1. The number of rotatable bonds is 5. The summed E-state index contributed by atoms with van der Waals surface area (Å²) in [5.41, 5.74) is 0. The van der Waals surface area contributed by atoms with Gasteiger partial charge in [0, 0.05) is 13.2 Å². The molecule has 0 unspecified atom stereocenters. The maximum Gasteiger partial charge on any atom is 0.252 e. The second-order valence-corrected chi connectivity index (χ2v) is 5.19. The zero-order valence-corrected chi connectivity index (χ0v) is 11.1. The van der Waals surface area contributed by atoms with E-state index in [-0.39, 0.29) is 12.0 Å². The second kappa shape index (κ2) is 6.05. The topological polar surface area (TPSA) is 42.7 Å². The molecule has 0 spiro atoms. The Morgan fingerprint density at radius 3 is 2.94 bits per heavy atom.